The van der Waals surface area contributed by atoms with Crippen LogP contribution in [0.1, 0.15) is 18.1 Å². The molecule has 2 heterocycles. The molecule has 0 bridgehead atoms. The second-order valence-electron chi connectivity index (χ2n) is 6.34. The van der Waals surface area contributed by atoms with Crippen LogP contribution in [0.25, 0.3) is 10.9 Å². The van der Waals surface area contributed by atoms with Crippen molar-refractivity contribution in [1.29, 1.82) is 0 Å². The number of aromatic nitrogens is 1. The molecule has 1 fully saturated rings. The van der Waals surface area contributed by atoms with E-state index in [2.05, 4.69) is 10.6 Å². The number of hydrogen-bond acceptors (Lipinski definition) is 3. The molecule has 1 saturated carbocycles. The summed E-state index contributed by atoms with van der Waals surface area (Å²) in [5.41, 5.74) is 1.65. The Kier molecular flexibility index (Phi) is 3.80. The molecule has 0 saturated heterocycles. The average molecular weight is 337 g/mol. The highest BCUT2D eigenvalue weighted by Crippen LogP contribution is 2.48. The smallest absolute Gasteiger partial charge is 0.239 e. The normalized spacial score (nSPS) is 18.9. The van der Waals surface area contributed by atoms with E-state index >= 15 is 0 Å². The Morgan fingerprint density at radius 3 is 2.92 bits per heavy atom. The third kappa shape index (κ3) is 3.03. The second kappa shape index (κ2) is 6.12. The van der Waals surface area contributed by atoms with Crippen LogP contribution in [0, 0.1) is 5.92 Å². The number of likely N-dealkylation sites (N-methyl/N-ethyl adjacent to an activating group) is 1. The van der Waals surface area contributed by atoms with Crippen molar-refractivity contribution in [2.75, 3.05) is 12.4 Å². The number of carbonyl (C=O) groups is 2. The topological polar surface area (TPSA) is 76.3 Å². The van der Waals surface area contributed by atoms with E-state index in [0.717, 1.165) is 28.8 Å². The molecule has 3 aromatic rings. The van der Waals surface area contributed by atoms with Gasteiger partial charge >= 0.3 is 0 Å². The highest BCUT2D eigenvalue weighted by Gasteiger charge is 2.45. The molecule has 128 valence electrons. The van der Waals surface area contributed by atoms with E-state index in [4.69, 9.17) is 4.42 Å². The molecular formula is C19H19N3O3. The van der Waals surface area contributed by atoms with Crippen molar-refractivity contribution in [1.82, 2.24) is 9.88 Å². The fraction of sp³-hybridized carbons (Fsp3) is 0.263. The van der Waals surface area contributed by atoms with Gasteiger partial charge in [-0.05, 0) is 42.1 Å². The Morgan fingerprint density at radius 2 is 2.16 bits per heavy atom. The van der Waals surface area contributed by atoms with Crippen LogP contribution < -0.4 is 10.6 Å². The van der Waals surface area contributed by atoms with Crippen molar-refractivity contribution in [2.24, 2.45) is 5.92 Å². The van der Waals surface area contributed by atoms with Gasteiger partial charge in [0, 0.05) is 30.8 Å². The van der Waals surface area contributed by atoms with Gasteiger partial charge in [-0.3, -0.25) is 9.59 Å². The van der Waals surface area contributed by atoms with Gasteiger partial charge in [-0.2, -0.15) is 0 Å². The summed E-state index contributed by atoms with van der Waals surface area (Å²) in [7, 11) is 1.62. The van der Waals surface area contributed by atoms with Crippen LogP contribution in [-0.4, -0.2) is 23.4 Å². The number of anilines is 1. The lowest BCUT2D eigenvalue weighted by molar-refractivity contribution is -0.121. The predicted molar refractivity (Wildman–Crippen MR) is 94.2 cm³/mol. The van der Waals surface area contributed by atoms with Crippen molar-refractivity contribution in [3.8, 4) is 0 Å². The number of rotatable bonds is 5. The minimum atomic E-state index is -0.0637. The van der Waals surface area contributed by atoms with Crippen LogP contribution in [0.5, 0.6) is 0 Å². The van der Waals surface area contributed by atoms with Crippen LogP contribution in [-0.2, 0) is 16.1 Å². The maximum Gasteiger partial charge on any atom is 0.239 e. The molecule has 0 radical (unpaired) electrons. The molecule has 2 N–H and O–H groups in total. The van der Waals surface area contributed by atoms with Gasteiger partial charge in [0.15, 0.2) is 0 Å². The number of hydrogen-bond donors (Lipinski definition) is 2. The largest absolute Gasteiger partial charge is 0.469 e. The summed E-state index contributed by atoms with van der Waals surface area (Å²) in [6.45, 7) is 0.251. The second-order valence-corrected chi connectivity index (χ2v) is 6.34. The highest BCUT2D eigenvalue weighted by atomic mass is 16.3. The minimum absolute atomic E-state index is 0.00478. The van der Waals surface area contributed by atoms with Gasteiger partial charge in [0.05, 0.1) is 11.8 Å². The van der Waals surface area contributed by atoms with Crippen LogP contribution in [0.4, 0.5) is 5.69 Å². The van der Waals surface area contributed by atoms with E-state index in [9.17, 15) is 9.59 Å². The fourth-order valence-corrected chi connectivity index (χ4v) is 3.17. The first-order valence-corrected chi connectivity index (χ1v) is 8.29. The van der Waals surface area contributed by atoms with Crippen LogP contribution >= 0.6 is 0 Å². The van der Waals surface area contributed by atoms with E-state index in [1.807, 2.05) is 47.2 Å². The maximum absolute atomic E-state index is 12.4. The highest BCUT2D eigenvalue weighted by molar-refractivity contribution is 5.97. The van der Waals surface area contributed by atoms with Crippen molar-refractivity contribution in [3.63, 3.8) is 0 Å². The molecule has 2 amide bonds. The lowest BCUT2D eigenvalue weighted by Gasteiger charge is -2.08. The van der Waals surface area contributed by atoms with Gasteiger partial charge in [0.1, 0.15) is 12.3 Å². The van der Waals surface area contributed by atoms with Crippen molar-refractivity contribution in [3.05, 3.63) is 54.6 Å². The molecule has 6 heteroatoms. The van der Waals surface area contributed by atoms with Gasteiger partial charge < -0.3 is 19.6 Å². The van der Waals surface area contributed by atoms with Gasteiger partial charge in [-0.25, -0.2) is 0 Å². The van der Waals surface area contributed by atoms with E-state index in [0.29, 0.717) is 0 Å². The number of carbonyl (C=O) groups excluding carboxylic acids is 2. The van der Waals surface area contributed by atoms with Gasteiger partial charge in [0.2, 0.25) is 11.8 Å². The van der Waals surface area contributed by atoms with Gasteiger partial charge in [0.25, 0.3) is 0 Å². The Bertz CT molecular complexity index is 927. The molecule has 2 aromatic heterocycles. The van der Waals surface area contributed by atoms with E-state index in [-0.39, 0.29) is 30.2 Å². The summed E-state index contributed by atoms with van der Waals surface area (Å²) in [4.78, 5) is 24.1. The molecule has 6 nitrogen and oxygen atoms in total. The number of amides is 2. The Hall–Kier alpha value is -3.02. The summed E-state index contributed by atoms with van der Waals surface area (Å²) >= 11 is 0. The van der Waals surface area contributed by atoms with Crippen molar-refractivity contribution >= 4 is 28.4 Å². The third-order valence-corrected chi connectivity index (χ3v) is 4.67. The summed E-state index contributed by atoms with van der Waals surface area (Å²) in [6, 6.07) is 11.4. The average Bonchev–Trinajstić information content (AvgIpc) is 3.05. The fourth-order valence-electron chi connectivity index (χ4n) is 3.17. The predicted octanol–water partition coefficient (Wildman–Crippen LogP) is 2.72. The molecule has 0 unspecified atom stereocenters. The summed E-state index contributed by atoms with van der Waals surface area (Å²) in [5.74, 6) is 0.946. The first-order valence-electron chi connectivity index (χ1n) is 8.29. The van der Waals surface area contributed by atoms with Crippen LogP contribution in [0.15, 0.2) is 53.3 Å². The zero-order valence-electron chi connectivity index (χ0n) is 13.9. The number of fused-ring (bicyclic) bond motifs is 1. The van der Waals surface area contributed by atoms with E-state index in [1.165, 1.54) is 0 Å². The molecule has 1 aliphatic carbocycles. The molecule has 1 aromatic carbocycles. The third-order valence-electron chi connectivity index (χ3n) is 4.67. The summed E-state index contributed by atoms with van der Waals surface area (Å²) in [5, 5.41) is 6.62. The van der Waals surface area contributed by atoms with E-state index < -0.39 is 0 Å². The molecule has 1 aliphatic rings. The van der Waals surface area contributed by atoms with Gasteiger partial charge in [-0.1, -0.05) is 6.07 Å². The number of nitrogens with one attached hydrogen (secondary N) is 2. The molecular weight excluding hydrogens is 318 g/mol. The van der Waals surface area contributed by atoms with Gasteiger partial charge in [-0.15, -0.1) is 0 Å². The van der Waals surface area contributed by atoms with Crippen LogP contribution in [0.3, 0.4) is 0 Å². The molecule has 4 rings (SSSR count). The zero-order chi connectivity index (χ0) is 17.4. The summed E-state index contributed by atoms with van der Waals surface area (Å²) < 4.78 is 7.25. The zero-order valence-corrected chi connectivity index (χ0v) is 13.9. The molecule has 25 heavy (non-hydrogen) atoms. The SMILES string of the molecule is CNC(=O)Cn1ccc2ccc(NC(=O)[C@@H]3C[C@H]3c3ccco3)cc21. The number of nitrogens with zero attached hydrogens (tertiary/aromatic N) is 1. The summed E-state index contributed by atoms with van der Waals surface area (Å²) in [6.07, 6.45) is 4.32. The van der Waals surface area contributed by atoms with E-state index in [1.54, 1.807) is 13.3 Å². The first-order chi connectivity index (χ1) is 12.2. The van der Waals surface area contributed by atoms with Crippen molar-refractivity contribution < 1.29 is 14.0 Å². The Balaban J connectivity index is 1.49. The monoisotopic (exact) mass is 337 g/mol. The first kappa shape index (κ1) is 15.5. The van der Waals surface area contributed by atoms with Crippen molar-refractivity contribution in [2.45, 2.75) is 18.9 Å². The molecule has 2 atom stereocenters. The standard InChI is InChI=1S/C19H19N3O3/c1-20-18(23)11-22-7-6-12-4-5-13(9-16(12)22)21-19(24)15-10-14(15)17-3-2-8-25-17/h2-9,14-15H,10-11H2,1H3,(H,20,23)(H,21,24)/t14-,15-/m1/s1. The molecule has 0 aliphatic heterocycles. The lowest BCUT2D eigenvalue weighted by atomic mass is 10.2. The lowest BCUT2D eigenvalue weighted by Crippen LogP contribution is -2.23. The number of furan rings is 1. The molecule has 0 spiro atoms. The van der Waals surface area contributed by atoms with Crippen LogP contribution in [0.2, 0.25) is 0 Å². The minimum Gasteiger partial charge on any atom is -0.469 e. The number of benzene rings is 1. The maximum atomic E-state index is 12.4. The Labute approximate surface area is 144 Å². The quantitative estimate of drug-likeness (QED) is 0.751. The Morgan fingerprint density at radius 1 is 1.28 bits per heavy atom.